The van der Waals surface area contributed by atoms with Crippen molar-refractivity contribution in [2.75, 3.05) is 19.7 Å². The number of carbonyl (C=O) groups excluding carboxylic acids is 1. The molecule has 2 heterocycles. The number of fused-ring (bicyclic) bond motifs is 2. The number of nitrogens with one attached hydrogen (secondary N) is 1. The van der Waals surface area contributed by atoms with Gasteiger partial charge in [-0.15, -0.1) is 0 Å². The zero-order valence-corrected chi connectivity index (χ0v) is 18.2. The smallest absolute Gasteiger partial charge is 0.234 e. The van der Waals surface area contributed by atoms with Gasteiger partial charge in [0.2, 0.25) is 11.8 Å². The molecule has 0 bridgehead atoms. The first-order valence-electron chi connectivity index (χ1n) is 11.6. The van der Waals surface area contributed by atoms with Crippen LogP contribution in [0.3, 0.4) is 0 Å². The van der Waals surface area contributed by atoms with Crippen LogP contribution in [0.2, 0.25) is 0 Å². The van der Waals surface area contributed by atoms with E-state index in [4.69, 9.17) is 9.47 Å². The SMILES string of the molecule is O=C(CN1CCCCCCOc2ccccc2Oc2ncccc2C1)NC1CCCC1. The van der Waals surface area contributed by atoms with Crippen LogP contribution >= 0.6 is 0 Å². The Balaban J connectivity index is 1.51. The number of hydrogen-bond acceptors (Lipinski definition) is 5. The van der Waals surface area contributed by atoms with Gasteiger partial charge < -0.3 is 14.8 Å². The second-order valence-electron chi connectivity index (χ2n) is 8.54. The fraction of sp³-hybridized carbons (Fsp3) is 0.520. The van der Waals surface area contributed by atoms with E-state index in [0.717, 1.165) is 56.4 Å². The highest BCUT2D eigenvalue weighted by Crippen LogP contribution is 2.32. The van der Waals surface area contributed by atoms with Crippen LogP contribution in [0.25, 0.3) is 0 Å². The zero-order valence-electron chi connectivity index (χ0n) is 18.2. The van der Waals surface area contributed by atoms with Crippen LogP contribution in [-0.2, 0) is 11.3 Å². The van der Waals surface area contributed by atoms with Crippen molar-refractivity contribution in [3.8, 4) is 17.4 Å². The molecule has 166 valence electrons. The Morgan fingerprint density at radius 1 is 1.00 bits per heavy atom. The van der Waals surface area contributed by atoms with E-state index in [1.54, 1.807) is 6.20 Å². The molecule has 0 saturated heterocycles. The second kappa shape index (κ2) is 11.1. The van der Waals surface area contributed by atoms with Crippen LogP contribution in [0.1, 0.15) is 56.9 Å². The van der Waals surface area contributed by atoms with E-state index in [1.165, 1.54) is 12.8 Å². The number of ether oxygens (including phenoxy) is 2. The maximum atomic E-state index is 12.7. The third-order valence-electron chi connectivity index (χ3n) is 6.01. The fourth-order valence-electron chi connectivity index (χ4n) is 4.37. The minimum absolute atomic E-state index is 0.123. The van der Waals surface area contributed by atoms with Gasteiger partial charge in [0.05, 0.1) is 13.2 Å². The maximum absolute atomic E-state index is 12.7. The number of pyridine rings is 1. The molecule has 0 spiro atoms. The summed E-state index contributed by atoms with van der Waals surface area (Å²) in [6.07, 6.45) is 10.7. The van der Waals surface area contributed by atoms with E-state index in [1.807, 2.05) is 36.4 Å². The van der Waals surface area contributed by atoms with Crippen molar-refractivity contribution in [1.82, 2.24) is 15.2 Å². The van der Waals surface area contributed by atoms with E-state index in [2.05, 4.69) is 15.2 Å². The highest BCUT2D eigenvalue weighted by atomic mass is 16.5. The van der Waals surface area contributed by atoms with Crippen molar-refractivity contribution in [1.29, 1.82) is 0 Å². The third-order valence-corrected chi connectivity index (χ3v) is 6.01. The molecule has 1 aromatic heterocycles. The summed E-state index contributed by atoms with van der Waals surface area (Å²) in [5.41, 5.74) is 0.975. The highest BCUT2D eigenvalue weighted by Gasteiger charge is 2.20. The van der Waals surface area contributed by atoms with E-state index in [-0.39, 0.29) is 5.91 Å². The molecular formula is C25H33N3O3. The van der Waals surface area contributed by atoms with Crippen LogP contribution < -0.4 is 14.8 Å². The van der Waals surface area contributed by atoms with Gasteiger partial charge in [0.25, 0.3) is 0 Å². The van der Waals surface area contributed by atoms with Crippen LogP contribution in [-0.4, -0.2) is 41.5 Å². The van der Waals surface area contributed by atoms with Crippen molar-refractivity contribution >= 4 is 5.91 Å². The number of carbonyl (C=O) groups is 1. The van der Waals surface area contributed by atoms with Crippen LogP contribution in [0.5, 0.6) is 17.4 Å². The lowest BCUT2D eigenvalue weighted by Crippen LogP contribution is -2.41. The minimum Gasteiger partial charge on any atom is -0.490 e. The lowest BCUT2D eigenvalue weighted by atomic mass is 10.1. The highest BCUT2D eigenvalue weighted by molar-refractivity contribution is 5.78. The number of para-hydroxylation sites is 2. The van der Waals surface area contributed by atoms with Crippen LogP contribution in [0, 0.1) is 0 Å². The zero-order chi connectivity index (χ0) is 21.3. The van der Waals surface area contributed by atoms with Crippen LogP contribution in [0.4, 0.5) is 0 Å². The van der Waals surface area contributed by atoms with Gasteiger partial charge in [-0.05, 0) is 50.4 Å². The van der Waals surface area contributed by atoms with Gasteiger partial charge in [0, 0.05) is 24.3 Å². The van der Waals surface area contributed by atoms with Gasteiger partial charge in [0.15, 0.2) is 11.5 Å². The average Bonchev–Trinajstić information content (AvgIpc) is 3.28. The van der Waals surface area contributed by atoms with Crippen molar-refractivity contribution in [2.45, 2.75) is 64.0 Å². The molecule has 1 N–H and O–H groups in total. The topological polar surface area (TPSA) is 63.7 Å². The van der Waals surface area contributed by atoms with Gasteiger partial charge >= 0.3 is 0 Å². The molecule has 0 unspecified atom stereocenters. The molecule has 1 aliphatic heterocycles. The van der Waals surface area contributed by atoms with Crippen molar-refractivity contribution in [3.05, 3.63) is 48.2 Å². The maximum Gasteiger partial charge on any atom is 0.234 e. The number of nitrogens with zero attached hydrogens (tertiary/aromatic N) is 2. The van der Waals surface area contributed by atoms with Gasteiger partial charge in [0.1, 0.15) is 0 Å². The average molecular weight is 424 g/mol. The van der Waals surface area contributed by atoms with E-state index in [0.29, 0.717) is 37.4 Å². The first kappa shape index (κ1) is 21.6. The minimum atomic E-state index is 0.123. The van der Waals surface area contributed by atoms with Gasteiger partial charge in [-0.2, -0.15) is 0 Å². The molecule has 1 aromatic carbocycles. The first-order valence-corrected chi connectivity index (χ1v) is 11.6. The Morgan fingerprint density at radius 3 is 2.68 bits per heavy atom. The summed E-state index contributed by atoms with van der Waals surface area (Å²) in [5.74, 6) is 2.10. The number of hydrogen-bond donors (Lipinski definition) is 1. The molecule has 4 rings (SSSR count). The summed E-state index contributed by atoms with van der Waals surface area (Å²) in [6, 6.07) is 12.0. The summed E-state index contributed by atoms with van der Waals surface area (Å²) < 4.78 is 12.2. The molecule has 1 amide bonds. The van der Waals surface area contributed by atoms with Gasteiger partial charge in [-0.25, -0.2) is 4.98 Å². The van der Waals surface area contributed by atoms with E-state index in [9.17, 15) is 4.79 Å². The molecule has 1 saturated carbocycles. The van der Waals surface area contributed by atoms with Crippen molar-refractivity contribution in [2.24, 2.45) is 0 Å². The molecule has 1 fully saturated rings. The summed E-state index contributed by atoms with van der Waals surface area (Å²) in [7, 11) is 0. The Morgan fingerprint density at radius 2 is 1.81 bits per heavy atom. The molecule has 1 aliphatic carbocycles. The Kier molecular flexibility index (Phi) is 7.77. The lowest BCUT2D eigenvalue weighted by molar-refractivity contribution is -0.123. The van der Waals surface area contributed by atoms with Crippen LogP contribution in [0.15, 0.2) is 42.6 Å². The third kappa shape index (κ3) is 6.44. The number of aromatic nitrogens is 1. The largest absolute Gasteiger partial charge is 0.490 e. The molecule has 2 aromatic rings. The Bertz CT molecular complexity index is 851. The summed E-state index contributed by atoms with van der Waals surface area (Å²) in [5, 5.41) is 3.22. The molecule has 6 nitrogen and oxygen atoms in total. The molecule has 0 atom stereocenters. The normalized spacial score (nSPS) is 18.7. The van der Waals surface area contributed by atoms with Crippen molar-refractivity contribution in [3.63, 3.8) is 0 Å². The second-order valence-corrected chi connectivity index (χ2v) is 8.54. The summed E-state index contributed by atoms with van der Waals surface area (Å²) in [4.78, 5) is 19.4. The number of amides is 1. The molecule has 0 radical (unpaired) electrons. The molecule has 6 heteroatoms. The van der Waals surface area contributed by atoms with Gasteiger partial charge in [-0.1, -0.05) is 43.9 Å². The lowest BCUT2D eigenvalue weighted by Gasteiger charge is -2.24. The predicted octanol–water partition coefficient (Wildman–Crippen LogP) is 4.69. The number of benzene rings is 1. The van der Waals surface area contributed by atoms with E-state index >= 15 is 0 Å². The molecule has 2 aliphatic rings. The van der Waals surface area contributed by atoms with E-state index < -0.39 is 0 Å². The summed E-state index contributed by atoms with van der Waals surface area (Å²) >= 11 is 0. The quantitative estimate of drug-likeness (QED) is 0.776. The number of rotatable bonds is 3. The Hall–Kier alpha value is -2.60. The molecule has 31 heavy (non-hydrogen) atoms. The first-order chi connectivity index (χ1) is 15.3. The predicted molar refractivity (Wildman–Crippen MR) is 120 cm³/mol. The Labute approximate surface area is 185 Å². The monoisotopic (exact) mass is 423 g/mol. The summed E-state index contributed by atoms with van der Waals surface area (Å²) in [6.45, 7) is 2.58. The van der Waals surface area contributed by atoms with Gasteiger partial charge in [-0.3, -0.25) is 9.69 Å². The molecular weight excluding hydrogens is 390 g/mol. The van der Waals surface area contributed by atoms with Crippen molar-refractivity contribution < 1.29 is 14.3 Å². The standard InChI is InChI=1S/C25H33N3O3/c29-24(27-21-11-3-4-12-21)19-28-16-7-1-2-8-17-30-22-13-5-6-14-23(22)31-25-20(18-28)10-9-15-26-25/h5-6,9-10,13-15,21H,1-4,7-8,11-12,16-19H2,(H,27,29). The fourth-order valence-corrected chi connectivity index (χ4v) is 4.37.